The number of aromatic nitrogens is 1. The maximum absolute atomic E-state index is 9.92. The van der Waals surface area contributed by atoms with Crippen LogP contribution >= 0.6 is 31.9 Å². The molecule has 2 rings (SSSR count). The van der Waals surface area contributed by atoms with Crippen molar-refractivity contribution >= 4 is 43.4 Å². The number of hydrogen-bond donors (Lipinski definition) is 3. The number of β-amino-alcohol motifs (C(OH)–C–C–N with tert-alkyl or cyclic N) is 1. The molecule has 0 amide bonds. The van der Waals surface area contributed by atoms with Gasteiger partial charge in [0.05, 0.1) is 10.2 Å². The number of aliphatic hydroxyl groups excluding tert-OH is 1. The van der Waals surface area contributed by atoms with Gasteiger partial charge in [0, 0.05) is 30.6 Å². The summed E-state index contributed by atoms with van der Waals surface area (Å²) in [4.78, 5) is 9.77. The Kier molecular flexibility index (Phi) is 6.41. The fourth-order valence-electron chi connectivity index (χ4n) is 2.03. The van der Waals surface area contributed by atoms with Crippen molar-refractivity contribution in [2.75, 3.05) is 25.0 Å². The summed E-state index contributed by atoms with van der Waals surface area (Å²) in [6.45, 7) is 7.53. The summed E-state index contributed by atoms with van der Waals surface area (Å²) >= 11 is 6.84. The largest absolute Gasteiger partial charge is 0.393 e. The lowest BCUT2D eigenvalue weighted by molar-refractivity contribution is 0.0371. The van der Waals surface area contributed by atoms with E-state index in [0.717, 1.165) is 39.1 Å². The van der Waals surface area contributed by atoms with E-state index in [1.165, 1.54) is 0 Å². The maximum atomic E-state index is 9.92. The topological polar surface area (TPSA) is 78.8 Å². The lowest BCUT2D eigenvalue weighted by atomic mass is 10.1. The van der Waals surface area contributed by atoms with Gasteiger partial charge in [-0.25, -0.2) is 4.98 Å². The van der Waals surface area contributed by atoms with Crippen molar-refractivity contribution in [2.24, 2.45) is 5.16 Å². The molecule has 0 radical (unpaired) electrons. The molecule has 1 atom stereocenters. The van der Waals surface area contributed by atoms with Gasteiger partial charge in [-0.2, -0.15) is 0 Å². The van der Waals surface area contributed by atoms with Crippen LogP contribution < -0.4 is 10.6 Å². The second kappa shape index (κ2) is 7.92. The Morgan fingerprint density at radius 3 is 2.91 bits per heavy atom. The summed E-state index contributed by atoms with van der Waals surface area (Å²) in [5.74, 6) is 0.781. The zero-order valence-electron chi connectivity index (χ0n) is 13.5. The van der Waals surface area contributed by atoms with Crippen LogP contribution in [0.2, 0.25) is 0 Å². The second-order valence-electron chi connectivity index (χ2n) is 6.45. The molecule has 2 heterocycles. The Balaban J connectivity index is 1.96. The number of pyridine rings is 1. The summed E-state index contributed by atoms with van der Waals surface area (Å²) in [5, 5.41) is 20.6. The smallest absolute Gasteiger partial charge is 0.144 e. The molecule has 8 heteroatoms. The van der Waals surface area contributed by atoms with Crippen molar-refractivity contribution in [1.29, 1.82) is 0 Å². The molecule has 0 spiro atoms. The molecule has 1 aromatic rings. The molecule has 6 nitrogen and oxygen atoms in total. The van der Waals surface area contributed by atoms with Crippen LogP contribution in [0.15, 0.2) is 20.3 Å². The Morgan fingerprint density at radius 2 is 2.22 bits per heavy atom. The molecule has 0 fully saturated rings. The fraction of sp³-hybridized carbons (Fsp3) is 0.600. The molecule has 0 unspecified atom stereocenters. The predicted molar refractivity (Wildman–Crippen MR) is 99.0 cm³/mol. The fourth-order valence-corrected chi connectivity index (χ4v) is 2.64. The van der Waals surface area contributed by atoms with Crippen LogP contribution in [0.1, 0.15) is 32.8 Å². The van der Waals surface area contributed by atoms with Crippen LogP contribution in [0.3, 0.4) is 0 Å². The zero-order chi connectivity index (χ0) is 17.0. The third-order valence-electron chi connectivity index (χ3n) is 3.21. The average molecular weight is 450 g/mol. The van der Waals surface area contributed by atoms with Crippen molar-refractivity contribution in [3.8, 4) is 0 Å². The number of nitrogens with one attached hydrogen (secondary N) is 2. The quantitative estimate of drug-likeness (QED) is 0.475. The van der Waals surface area contributed by atoms with Crippen LogP contribution in [0, 0.1) is 0 Å². The highest BCUT2D eigenvalue weighted by Crippen LogP contribution is 2.29. The SMILES string of the molecule is CC(C)(C)NC[C@@H](O)CO/N=C1\CCNc2nc(Br)c(Br)cc21. The van der Waals surface area contributed by atoms with Gasteiger partial charge in [-0.05, 0) is 58.7 Å². The van der Waals surface area contributed by atoms with E-state index >= 15 is 0 Å². The number of oxime groups is 1. The first-order valence-corrected chi connectivity index (χ1v) is 9.07. The van der Waals surface area contributed by atoms with Gasteiger partial charge in [-0.1, -0.05) is 5.16 Å². The number of anilines is 1. The molecule has 3 N–H and O–H groups in total. The summed E-state index contributed by atoms with van der Waals surface area (Å²) < 4.78 is 1.61. The Bertz CT molecular complexity index is 588. The number of halogens is 2. The maximum Gasteiger partial charge on any atom is 0.144 e. The lowest BCUT2D eigenvalue weighted by Crippen LogP contribution is -2.42. The predicted octanol–water partition coefficient (Wildman–Crippen LogP) is 2.89. The van der Waals surface area contributed by atoms with E-state index in [-0.39, 0.29) is 12.1 Å². The van der Waals surface area contributed by atoms with Gasteiger partial charge < -0.3 is 20.6 Å². The molecule has 0 aromatic carbocycles. The summed E-state index contributed by atoms with van der Waals surface area (Å²) in [7, 11) is 0. The van der Waals surface area contributed by atoms with Crippen LogP contribution in [0.5, 0.6) is 0 Å². The summed E-state index contributed by atoms with van der Waals surface area (Å²) in [6.07, 6.45) is 0.147. The van der Waals surface area contributed by atoms with E-state index in [1.807, 2.05) is 6.07 Å². The van der Waals surface area contributed by atoms with E-state index < -0.39 is 6.10 Å². The first kappa shape index (κ1) is 18.6. The number of hydrogen-bond acceptors (Lipinski definition) is 6. The van der Waals surface area contributed by atoms with Crippen LogP contribution in [0.25, 0.3) is 0 Å². The molecule has 128 valence electrons. The van der Waals surface area contributed by atoms with E-state index in [4.69, 9.17) is 4.84 Å². The zero-order valence-corrected chi connectivity index (χ0v) is 16.7. The van der Waals surface area contributed by atoms with Gasteiger partial charge in [0.1, 0.15) is 23.1 Å². The van der Waals surface area contributed by atoms with Crippen LogP contribution in [-0.4, -0.2) is 47.1 Å². The number of rotatable bonds is 5. The monoisotopic (exact) mass is 448 g/mol. The van der Waals surface area contributed by atoms with E-state index in [1.54, 1.807) is 0 Å². The minimum atomic E-state index is -0.602. The average Bonchev–Trinajstić information content (AvgIpc) is 2.46. The second-order valence-corrected chi connectivity index (χ2v) is 8.06. The molecule has 1 aromatic heterocycles. The van der Waals surface area contributed by atoms with Crippen molar-refractivity contribution in [3.05, 3.63) is 20.7 Å². The van der Waals surface area contributed by atoms with E-state index in [2.05, 4.69) is 73.4 Å². The van der Waals surface area contributed by atoms with Gasteiger partial charge in [-0.15, -0.1) is 0 Å². The summed E-state index contributed by atoms with van der Waals surface area (Å²) in [6, 6.07) is 1.96. The van der Waals surface area contributed by atoms with Crippen molar-refractivity contribution < 1.29 is 9.94 Å². The molecule has 0 aliphatic carbocycles. The Hall–Kier alpha value is -0.700. The number of nitrogens with zero attached hydrogens (tertiary/aromatic N) is 2. The third-order valence-corrected chi connectivity index (χ3v) is 4.95. The van der Waals surface area contributed by atoms with Gasteiger partial charge in [-0.3, -0.25) is 0 Å². The van der Waals surface area contributed by atoms with Gasteiger partial charge in [0.15, 0.2) is 0 Å². The molecule has 0 bridgehead atoms. The number of fused-ring (bicyclic) bond motifs is 1. The minimum Gasteiger partial charge on any atom is -0.393 e. The highest BCUT2D eigenvalue weighted by molar-refractivity contribution is 9.13. The van der Waals surface area contributed by atoms with E-state index in [0.29, 0.717) is 6.54 Å². The lowest BCUT2D eigenvalue weighted by Gasteiger charge is -2.22. The molecular weight excluding hydrogens is 428 g/mol. The van der Waals surface area contributed by atoms with Crippen LogP contribution in [0.4, 0.5) is 5.82 Å². The highest BCUT2D eigenvalue weighted by Gasteiger charge is 2.19. The molecule has 0 saturated heterocycles. The Morgan fingerprint density at radius 1 is 1.48 bits per heavy atom. The Labute approximate surface area is 153 Å². The minimum absolute atomic E-state index is 0.0355. The molecule has 23 heavy (non-hydrogen) atoms. The summed E-state index contributed by atoms with van der Waals surface area (Å²) in [5.41, 5.74) is 1.70. The molecule has 1 aliphatic rings. The first-order chi connectivity index (χ1) is 10.8. The van der Waals surface area contributed by atoms with E-state index in [9.17, 15) is 5.11 Å². The van der Waals surface area contributed by atoms with Crippen molar-refractivity contribution in [2.45, 2.75) is 38.8 Å². The molecular formula is C15H22Br2N4O2. The standard InChI is InChI=1S/C15H22Br2N4O2/c1-15(2,3)19-7-9(22)8-23-21-12-4-5-18-14-10(12)6-11(16)13(17)20-14/h6,9,19,22H,4-5,7-8H2,1-3H3,(H,18,20)/b21-12+/t9-/m1/s1. The normalized spacial score (nSPS) is 17.6. The van der Waals surface area contributed by atoms with Gasteiger partial charge in [0.25, 0.3) is 0 Å². The number of aliphatic hydroxyl groups is 1. The van der Waals surface area contributed by atoms with Crippen molar-refractivity contribution in [1.82, 2.24) is 10.3 Å². The highest BCUT2D eigenvalue weighted by atomic mass is 79.9. The van der Waals surface area contributed by atoms with Gasteiger partial charge >= 0.3 is 0 Å². The van der Waals surface area contributed by atoms with Crippen LogP contribution in [-0.2, 0) is 4.84 Å². The molecule has 0 saturated carbocycles. The van der Waals surface area contributed by atoms with Crippen molar-refractivity contribution in [3.63, 3.8) is 0 Å². The first-order valence-electron chi connectivity index (χ1n) is 7.48. The van der Waals surface area contributed by atoms with Gasteiger partial charge in [0.2, 0.25) is 0 Å². The molecule has 1 aliphatic heterocycles. The third kappa shape index (κ3) is 5.70.